The first-order valence-corrected chi connectivity index (χ1v) is 9.78. The number of hydrogen-bond acceptors (Lipinski definition) is 3. The molecule has 0 bridgehead atoms. The molecule has 0 saturated carbocycles. The van der Waals surface area contributed by atoms with Crippen molar-refractivity contribution >= 4 is 29.0 Å². The van der Waals surface area contributed by atoms with E-state index in [0.29, 0.717) is 18.0 Å². The molecule has 0 N–H and O–H groups in total. The Morgan fingerprint density at radius 1 is 1.00 bits per heavy atom. The fraction of sp³-hybridized carbons (Fsp3) is 0.217. The van der Waals surface area contributed by atoms with Crippen molar-refractivity contribution in [2.24, 2.45) is 0 Å². The summed E-state index contributed by atoms with van der Waals surface area (Å²) in [6, 6.07) is 19.8. The molecule has 0 aliphatic carbocycles. The van der Waals surface area contributed by atoms with Gasteiger partial charge in [0.2, 0.25) is 5.91 Å². The average Bonchev–Trinajstić information content (AvgIpc) is 2.71. The summed E-state index contributed by atoms with van der Waals surface area (Å²) in [4.78, 5) is 21.6. The lowest BCUT2D eigenvalue weighted by molar-refractivity contribution is -0.118. The van der Waals surface area contributed by atoms with E-state index in [4.69, 9.17) is 11.6 Å². The fourth-order valence-corrected chi connectivity index (χ4v) is 3.62. The lowest BCUT2D eigenvalue weighted by Crippen LogP contribution is -2.44. The summed E-state index contributed by atoms with van der Waals surface area (Å²) in [5.41, 5.74) is 4.32. The maximum Gasteiger partial charge on any atom is 0.231 e. The Balaban J connectivity index is 1.54. The fourth-order valence-electron chi connectivity index (χ4n) is 3.49. The lowest BCUT2D eigenvalue weighted by atomic mass is 10.1. The second kappa shape index (κ2) is 8.03. The molecular weight excluding hydrogens is 370 g/mol. The predicted octanol–water partition coefficient (Wildman–Crippen LogP) is 4.64. The van der Waals surface area contributed by atoms with Crippen LogP contribution in [0.3, 0.4) is 0 Å². The Labute approximate surface area is 170 Å². The number of benzene rings is 2. The number of aromatic nitrogens is 1. The van der Waals surface area contributed by atoms with Crippen LogP contribution >= 0.6 is 11.6 Å². The van der Waals surface area contributed by atoms with E-state index >= 15 is 0 Å². The van der Waals surface area contributed by atoms with Crippen LogP contribution < -0.4 is 9.80 Å². The highest BCUT2D eigenvalue weighted by Gasteiger charge is 2.27. The molecule has 1 aliphatic rings. The molecule has 142 valence electrons. The molecule has 5 heteroatoms. The quantitative estimate of drug-likeness (QED) is 0.650. The van der Waals surface area contributed by atoms with Gasteiger partial charge >= 0.3 is 0 Å². The first-order chi connectivity index (χ1) is 13.6. The smallest absolute Gasteiger partial charge is 0.231 e. The van der Waals surface area contributed by atoms with E-state index in [0.717, 1.165) is 30.2 Å². The Morgan fingerprint density at radius 3 is 2.46 bits per heavy atom. The molecule has 0 spiro atoms. The lowest BCUT2D eigenvalue weighted by Gasteiger charge is -2.36. The number of pyridine rings is 1. The zero-order valence-corrected chi connectivity index (χ0v) is 16.6. The van der Waals surface area contributed by atoms with Crippen LogP contribution in [0.25, 0.3) is 0 Å². The van der Waals surface area contributed by atoms with Gasteiger partial charge < -0.3 is 9.80 Å². The largest absolute Gasteiger partial charge is 0.349 e. The summed E-state index contributed by atoms with van der Waals surface area (Å²) in [6.45, 7) is 4.27. The minimum atomic E-state index is 0.0755. The molecule has 1 aromatic heterocycles. The van der Waals surface area contributed by atoms with Gasteiger partial charge in [0.05, 0.1) is 12.1 Å². The first kappa shape index (κ1) is 18.5. The molecule has 0 saturated heterocycles. The number of rotatable bonds is 4. The minimum absolute atomic E-state index is 0.0755. The molecule has 0 fully saturated rings. The number of hydrogen-bond donors (Lipinski definition) is 0. The third-order valence-electron chi connectivity index (χ3n) is 5.01. The molecule has 1 amide bonds. The van der Waals surface area contributed by atoms with Crippen LogP contribution in [0.1, 0.15) is 16.7 Å². The van der Waals surface area contributed by atoms with Gasteiger partial charge in [0, 0.05) is 30.9 Å². The van der Waals surface area contributed by atoms with E-state index in [-0.39, 0.29) is 5.91 Å². The second-order valence-corrected chi connectivity index (χ2v) is 7.54. The van der Waals surface area contributed by atoms with Crippen molar-refractivity contribution in [1.29, 1.82) is 0 Å². The normalized spacial score (nSPS) is 13.4. The Kier molecular flexibility index (Phi) is 5.31. The number of carbonyl (C=O) groups excluding carboxylic acids is 1. The molecule has 2 aromatic carbocycles. The maximum absolute atomic E-state index is 13.0. The van der Waals surface area contributed by atoms with Crippen LogP contribution in [0.4, 0.5) is 11.5 Å². The molecule has 0 radical (unpaired) electrons. The van der Waals surface area contributed by atoms with Crippen LogP contribution in [0.2, 0.25) is 5.02 Å². The standard InChI is InChI=1S/C23H22ClN3O/c1-17-4-6-19(7-5-17)16-26-13-14-27(21-3-2-12-25-23(21)26)22(28)15-18-8-10-20(24)11-9-18/h2-12H,13-16H2,1H3. The summed E-state index contributed by atoms with van der Waals surface area (Å²) in [7, 11) is 0. The topological polar surface area (TPSA) is 36.4 Å². The number of carbonyl (C=O) groups is 1. The van der Waals surface area contributed by atoms with Gasteiger partial charge in [-0.2, -0.15) is 0 Å². The molecule has 1 aliphatic heterocycles. The monoisotopic (exact) mass is 391 g/mol. The molecule has 2 heterocycles. The van der Waals surface area contributed by atoms with Crippen molar-refractivity contribution in [1.82, 2.24) is 4.98 Å². The molecule has 4 nitrogen and oxygen atoms in total. The van der Waals surface area contributed by atoms with Gasteiger partial charge in [0.25, 0.3) is 0 Å². The number of fused-ring (bicyclic) bond motifs is 1. The number of nitrogens with zero attached hydrogens (tertiary/aromatic N) is 3. The second-order valence-electron chi connectivity index (χ2n) is 7.10. The summed E-state index contributed by atoms with van der Waals surface area (Å²) < 4.78 is 0. The van der Waals surface area contributed by atoms with E-state index in [2.05, 4.69) is 41.1 Å². The van der Waals surface area contributed by atoms with Crippen molar-refractivity contribution in [3.63, 3.8) is 0 Å². The Bertz CT molecular complexity index is 970. The van der Waals surface area contributed by atoms with Gasteiger partial charge in [0.1, 0.15) is 0 Å². The summed E-state index contributed by atoms with van der Waals surface area (Å²) in [6.07, 6.45) is 2.14. The van der Waals surface area contributed by atoms with Crippen molar-refractivity contribution in [2.45, 2.75) is 19.9 Å². The van der Waals surface area contributed by atoms with Crippen molar-refractivity contribution in [3.05, 3.63) is 88.6 Å². The van der Waals surface area contributed by atoms with Crippen LogP contribution in [-0.4, -0.2) is 24.0 Å². The van der Waals surface area contributed by atoms with Crippen LogP contribution in [-0.2, 0) is 17.8 Å². The predicted molar refractivity (Wildman–Crippen MR) is 114 cm³/mol. The van der Waals surface area contributed by atoms with E-state index in [9.17, 15) is 4.79 Å². The first-order valence-electron chi connectivity index (χ1n) is 9.40. The number of aryl methyl sites for hydroxylation is 1. The summed E-state index contributed by atoms with van der Waals surface area (Å²) in [5, 5.41) is 0.676. The maximum atomic E-state index is 13.0. The number of halogens is 1. The molecule has 4 rings (SSSR count). The summed E-state index contributed by atoms with van der Waals surface area (Å²) >= 11 is 5.95. The minimum Gasteiger partial charge on any atom is -0.349 e. The average molecular weight is 392 g/mol. The highest BCUT2D eigenvalue weighted by atomic mass is 35.5. The molecule has 0 atom stereocenters. The molecule has 28 heavy (non-hydrogen) atoms. The number of anilines is 2. The third-order valence-corrected chi connectivity index (χ3v) is 5.27. The van der Waals surface area contributed by atoms with Crippen molar-refractivity contribution < 1.29 is 4.79 Å². The van der Waals surface area contributed by atoms with E-state index in [1.165, 1.54) is 11.1 Å². The molecule has 0 unspecified atom stereocenters. The van der Waals surface area contributed by atoms with E-state index in [1.807, 2.05) is 41.3 Å². The van der Waals surface area contributed by atoms with Gasteiger partial charge in [0.15, 0.2) is 5.82 Å². The van der Waals surface area contributed by atoms with Gasteiger partial charge in [-0.15, -0.1) is 0 Å². The Hall–Kier alpha value is -2.85. The van der Waals surface area contributed by atoms with Gasteiger partial charge in [-0.1, -0.05) is 53.6 Å². The van der Waals surface area contributed by atoms with Crippen LogP contribution in [0.15, 0.2) is 66.9 Å². The third kappa shape index (κ3) is 4.02. The van der Waals surface area contributed by atoms with Gasteiger partial charge in [-0.05, 0) is 42.3 Å². The molecular formula is C23H22ClN3O. The highest BCUT2D eigenvalue weighted by Crippen LogP contribution is 2.32. The van der Waals surface area contributed by atoms with Crippen LogP contribution in [0, 0.1) is 6.92 Å². The molecule has 3 aromatic rings. The van der Waals surface area contributed by atoms with Gasteiger partial charge in [-0.25, -0.2) is 4.98 Å². The highest BCUT2D eigenvalue weighted by molar-refractivity contribution is 6.30. The SMILES string of the molecule is Cc1ccc(CN2CCN(C(=O)Cc3ccc(Cl)cc3)c3cccnc32)cc1. The summed E-state index contributed by atoms with van der Waals surface area (Å²) in [5.74, 6) is 0.935. The van der Waals surface area contributed by atoms with E-state index < -0.39 is 0 Å². The van der Waals surface area contributed by atoms with Crippen LogP contribution in [0.5, 0.6) is 0 Å². The van der Waals surface area contributed by atoms with Gasteiger partial charge in [-0.3, -0.25) is 4.79 Å². The van der Waals surface area contributed by atoms with E-state index in [1.54, 1.807) is 6.20 Å². The van der Waals surface area contributed by atoms with Crippen molar-refractivity contribution in [2.75, 3.05) is 22.9 Å². The number of amides is 1. The Morgan fingerprint density at radius 2 is 1.71 bits per heavy atom. The zero-order chi connectivity index (χ0) is 19.5. The zero-order valence-electron chi connectivity index (χ0n) is 15.8. The van der Waals surface area contributed by atoms with Crippen molar-refractivity contribution in [3.8, 4) is 0 Å².